The van der Waals surface area contributed by atoms with Crippen LogP contribution in [0.25, 0.3) is 12.2 Å². The van der Waals surface area contributed by atoms with Gasteiger partial charge in [-0.1, -0.05) is 23.2 Å². The van der Waals surface area contributed by atoms with E-state index in [0.717, 1.165) is 11.3 Å². The zero-order valence-electron chi connectivity index (χ0n) is 13.4. The van der Waals surface area contributed by atoms with Gasteiger partial charge in [0.2, 0.25) is 0 Å². The Hall–Kier alpha value is -2.74. The molecular formula is C18H10Cl2N2O4S. The maximum Gasteiger partial charge on any atom is 0.270 e. The van der Waals surface area contributed by atoms with Crippen LogP contribution >= 0.6 is 34.5 Å². The Morgan fingerprint density at radius 3 is 2.52 bits per heavy atom. The van der Waals surface area contributed by atoms with Crippen molar-refractivity contribution in [1.29, 1.82) is 0 Å². The summed E-state index contributed by atoms with van der Waals surface area (Å²) in [5.41, 5.74) is 0.218. The van der Waals surface area contributed by atoms with E-state index in [1.54, 1.807) is 24.3 Å². The van der Waals surface area contributed by atoms with Crippen LogP contribution in [-0.2, 0) is 0 Å². The van der Waals surface area contributed by atoms with E-state index in [-0.39, 0.29) is 21.0 Å². The fourth-order valence-corrected chi connectivity index (χ4v) is 3.41. The lowest BCUT2D eigenvalue weighted by Crippen LogP contribution is -2.20. The number of aromatic amines is 1. The highest BCUT2D eigenvalue weighted by atomic mass is 35.5. The van der Waals surface area contributed by atoms with Crippen LogP contribution in [0.2, 0.25) is 10.0 Å². The number of carbonyl (C=O) groups is 1. The molecule has 1 heterocycles. The maximum atomic E-state index is 12.3. The minimum absolute atomic E-state index is 0.136. The molecule has 0 aliphatic heterocycles. The van der Waals surface area contributed by atoms with Crippen molar-refractivity contribution in [3.63, 3.8) is 0 Å². The van der Waals surface area contributed by atoms with Gasteiger partial charge < -0.3 is 4.98 Å². The largest absolute Gasteiger partial charge is 0.313 e. The number of non-ortho nitro benzene ring substituents is 1. The molecule has 0 fully saturated rings. The molecule has 3 aromatic rings. The molecule has 6 nitrogen and oxygen atoms in total. The van der Waals surface area contributed by atoms with Crippen molar-refractivity contribution in [3.8, 4) is 0 Å². The van der Waals surface area contributed by atoms with Gasteiger partial charge in [-0.15, -0.1) is 11.3 Å². The average Bonchev–Trinajstić information content (AvgIpc) is 2.96. The fraction of sp³-hybridized carbons (Fsp3) is 0. The van der Waals surface area contributed by atoms with Crippen molar-refractivity contribution in [3.05, 3.63) is 93.3 Å². The number of nitro groups is 1. The number of benzene rings is 2. The number of hydrogen-bond donors (Lipinski definition) is 1. The molecule has 9 heteroatoms. The molecule has 0 aliphatic rings. The Labute approximate surface area is 166 Å². The van der Waals surface area contributed by atoms with E-state index in [1.165, 1.54) is 30.4 Å². The van der Waals surface area contributed by atoms with Crippen LogP contribution in [0, 0.1) is 10.1 Å². The summed E-state index contributed by atoms with van der Waals surface area (Å²) in [6, 6.07) is 10.3. The molecule has 1 N–H and O–H groups in total. The van der Waals surface area contributed by atoms with Crippen LogP contribution in [0.3, 0.4) is 0 Å². The van der Waals surface area contributed by atoms with Crippen molar-refractivity contribution in [2.45, 2.75) is 0 Å². The fourth-order valence-electron chi connectivity index (χ4n) is 2.24. The van der Waals surface area contributed by atoms with Gasteiger partial charge in [-0.2, -0.15) is 0 Å². The number of Topliss-reactive ketones (excluding diaryl/α,β-unsaturated/α-hetero) is 1. The summed E-state index contributed by atoms with van der Waals surface area (Å²) in [4.78, 5) is 37.3. The number of hydrogen-bond acceptors (Lipinski definition) is 5. The molecular weight excluding hydrogens is 411 g/mol. The van der Waals surface area contributed by atoms with E-state index in [4.69, 9.17) is 23.2 Å². The van der Waals surface area contributed by atoms with E-state index >= 15 is 0 Å². The minimum Gasteiger partial charge on any atom is -0.313 e. The van der Waals surface area contributed by atoms with Gasteiger partial charge in [0, 0.05) is 39.4 Å². The molecule has 0 bridgehead atoms. The lowest BCUT2D eigenvalue weighted by Gasteiger charge is -1.97. The number of halogens is 2. The van der Waals surface area contributed by atoms with Crippen LogP contribution in [0.1, 0.15) is 15.9 Å². The lowest BCUT2D eigenvalue weighted by molar-refractivity contribution is -0.384. The zero-order valence-corrected chi connectivity index (χ0v) is 15.8. The third-order valence-electron chi connectivity index (χ3n) is 3.55. The molecule has 2 aromatic carbocycles. The van der Waals surface area contributed by atoms with Gasteiger partial charge in [0.1, 0.15) is 0 Å². The number of nitro benzene ring substituents is 1. The highest BCUT2D eigenvalue weighted by Gasteiger charge is 2.09. The standard InChI is InChI=1S/C18H10Cl2N2O4S/c19-12-3-1-10(2-4-12)15(23)9-17-21-18(24)16(27-17)8-11-7-13(22(25)26)5-6-14(11)20/h1-9H,(H,21,24)/b16-8-,17-9-. The summed E-state index contributed by atoms with van der Waals surface area (Å²) in [5, 5.41) is 11.7. The summed E-state index contributed by atoms with van der Waals surface area (Å²) < 4.78 is 0.625. The van der Waals surface area contributed by atoms with Crippen molar-refractivity contribution in [1.82, 2.24) is 4.98 Å². The second-order valence-electron chi connectivity index (χ2n) is 5.41. The summed E-state index contributed by atoms with van der Waals surface area (Å²) >= 11 is 12.9. The van der Waals surface area contributed by atoms with Crippen LogP contribution in [0.4, 0.5) is 5.69 Å². The number of ketones is 1. The highest BCUT2D eigenvalue weighted by molar-refractivity contribution is 7.07. The molecule has 0 amide bonds. The molecule has 0 spiro atoms. The van der Waals surface area contributed by atoms with Crippen LogP contribution in [0.15, 0.2) is 47.3 Å². The highest BCUT2D eigenvalue weighted by Crippen LogP contribution is 2.22. The molecule has 0 radical (unpaired) electrons. The first-order valence-electron chi connectivity index (χ1n) is 7.50. The van der Waals surface area contributed by atoms with Crippen molar-refractivity contribution in [2.75, 3.05) is 0 Å². The Morgan fingerprint density at radius 2 is 1.85 bits per heavy atom. The van der Waals surface area contributed by atoms with E-state index in [9.17, 15) is 19.7 Å². The normalized spacial score (nSPS) is 12.4. The molecule has 27 heavy (non-hydrogen) atoms. The van der Waals surface area contributed by atoms with Crippen LogP contribution in [-0.4, -0.2) is 15.7 Å². The molecule has 136 valence electrons. The maximum absolute atomic E-state index is 12.3. The number of nitrogens with one attached hydrogen (secondary N) is 1. The zero-order chi connectivity index (χ0) is 19.6. The Morgan fingerprint density at radius 1 is 1.15 bits per heavy atom. The molecule has 0 unspecified atom stereocenters. The lowest BCUT2D eigenvalue weighted by atomic mass is 10.1. The number of nitrogens with zero attached hydrogens (tertiary/aromatic N) is 1. The predicted octanol–water partition coefficient (Wildman–Crippen LogP) is 3.14. The third-order valence-corrected chi connectivity index (χ3v) is 5.11. The summed E-state index contributed by atoms with van der Waals surface area (Å²) in [6.45, 7) is 0. The number of aromatic nitrogens is 1. The van der Waals surface area contributed by atoms with E-state index in [1.807, 2.05) is 0 Å². The monoisotopic (exact) mass is 420 g/mol. The van der Waals surface area contributed by atoms with Gasteiger partial charge in [-0.05, 0) is 36.4 Å². The predicted molar refractivity (Wildman–Crippen MR) is 106 cm³/mol. The smallest absolute Gasteiger partial charge is 0.270 e. The van der Waals surface area contributed by atoms with Crippen molar-refractivity contribution in [2.24, 2.45) is 0 Å². The SMILES string of the molecule is O=C(/C=c1/[nH]c(=O)/c(=C/c2cc([N+](=O)[O-])ccc2Cl)s1)c1ccc(Cl)cc1. The minimum atomic E-state index is -0.545. The molecule has 0 saturated carbocycles. The molecule has 0 atom stereocenters. The quantitative estimate of drug-likeness (QED) is 0.398. The first kappa shape index (κ1) is 19.0. The van der Waals surface area contributed by atoms with Crippen molar-refractivity contribution < 1.29 is 9.72 Å². The second kappa shape index (κ2) is 7.87. The van der Waals surface area contributed by atoms with Gasteiger partial charge in [-0.3, -0.25) is 19.7 Å². The first-order valence-corrected chi connectivity index (χ1v) is 9.07. The Balaban J connectivity index is 2.02. The number of thiazole rings is 1. The first-order chi connectivity index (χ1) is 12.8. The van der Waals surface area contributed by atoms with E-state index in [0.29, 0.717) is 20.8 Å². The average molecular weight is 421 g/mol. The number of H-pyrrole nitrogens is 1. The summed E-state index contributed by atoms with van der Waals surface area (Å²) in [5.74, 6) is -0.288. The van der Waals surface area contributed by atoms with Crippen LogP contribution in [0.5, 0.6) is 0 Å². The second-order valence-corrected chi connectivity index (χ2v) is 7.33. The van der Waals surface area contributed by atoms with Gasteiger partial charge in [0.25, 0.3) is 11.2 Å². The molecule has 0 saturated heterocycles. The summed E-state index contributed by atoms with van der Waals surface area (Å²) in [7, 11) is 0. The van der Waals surface area contributed by atoms with Gasteiger partial charge in [-0.25, -0.2) is 0 Å². The topological polar surface area (TPSA) is 93.1 Å². The van der Waals surface area contributed by atoms with Gasteiger partial charge in [0.05, 0.1) is 14.1 Å². The number of carbonyl (C=O) groups excluding carboxylic acids is 1. The van der Waals surface area contributed by atoms with E-state index < -0.39 is 10.5 Å². The molecule has 3 rings (SSSR count). The van der Waals surface area contributed by atoms with Crippen molar-refractivity contribution >= 4 is 58.2 Å². The molecule has 0 aliphatic carbocycles. The van der Waals surface area contributed by atoms with Gasteiger partial charge in [0.15, 0.2) is 5.78 Å². The Bertz CT molecular complexity index is 1210. The molecule has 1 aromatic heterocycles. The number of rotatable bonds is 4. The van der Waals surface area contributed by atoms with E-state index in [2.05, 4.69) is 4.98 Å². The van der Waals surface area contributed by atoms with Crippen LogP contribution < -0.4 is 14.8 Å². The van der Waals surface area contributed by atoms with Gasteiger partial charge >= 0.3 is 0 Å². The summed E-state index contributed by atoms with van der Waals surface area (Å²) in [6.07, 6.45) is 2.75. The Kier molecular flexibility index (Phi) is 5.55. The third kappa shape index (κ3) is 4.51.